The van der Waals surface area contributed by atoms with Crippen LogP contribution >= 0.6 is 0 Å². The van der Waals surface area contributed by atoms with E-state index in [0.29, 0.717) is 30.8 Å². The summed E-state index contributed by atoms with van der Waals surface area (Å²) >= 11 is 0. The van der Waals surface area contributed by atoms with Gasteiger partial charge in [0.15, 0.2) is 0 Å². The first kappa shape index (κ1) is 22.2. The summed E-state index contributed by atoms with van der Waals surface area (Å²) in [4.78, 5) is 40.5. The number of hydrogen-bond donors (Lipinski definition) is 1. The summed E-state index contributed by atoms with van der Waals surface area (Å²) in [6, 6.07) is 9.71. The van der Waals surface area contributed by atoms with Gasteiger partial charge in [0.25, 0.3) is 11.6 Å². The van der Waals surface area contributed by atoms with Crippen LogP contribution in [0.15, 0.2) is 52.2 Å². The molecule has 1 amide bonds. The molecule has 2 aliphatic rings. The predicted molar refractivity (Wildman–Crippen MR) is 123 cm³/mol. The molecule has 176 valence electrons. The number of pyridine rings is 1. The van der Waals surface area contributed by atoms with Gasteiger partial charge in [-0.25, -0.2) is 8.42 Å². The van der Waals surface area contributed by atoms with E-state index in [1.165, 1.54) is 39.5 Å². The van der Waals surface area contributed by atoms with E-state index in [-0.39, 0.29) is 41.2 Å². The quantitative estimate of drug-likeness (QED) is 0.438. The Morgan fingerprint density at radius 3 is 2.56 bits per heavy atom. The van der Waals surface area contributed by atoms with Crippen molar-refractivity contribution >= 4 is 38.2 Å². The lowest BCUT2D eigenvalue weighted by Gasteiger charge is -2.26. The molecule has 0 atom stereocenters. The van der Waals surface area contributed by atoms with Gasteiger partial charge in [-0.15, -0.1) is 0 Å². The minimum Gasteiger partial charge on any atom is -0.379 e. The molecule has 1 aromatic heterocycles. The van der Waals surface area contributed by atoms with E-state index in [1.807, 2.05) is 0 Å². The number of H-pyrrole nitrogens is 1. The van der Waals surface area contributed by atoms with E-state index in [0.717, 1.165) is 11.6 Å². The summed E-state index contributed by atoms with van der Waals surface area (Å²) < 4.78 is 32.8. The molecule has 3 aromatic rings. The number of hydrogen-bond acceptors (Lipinski definition) is 7. The third-order valence-corrected chi connectivity index (χ3v) is 7.97. The van der Waals surface area contributed by atoms with Gasteiger partial charge < -0.3 is 14.6 Å². The van der Waals surface area contributed by atoms with E-state index in [1.54, 1.807) is 6.07 Å². The fourth-order valence-electron chi connectivity index (χ4n) is 4.34. The fourth-order valence-corrected chi connectivity index (χ4v) is 5.78. The zero-order valence-electron chi connectivity index (χ0n) is 17.9. The Morgan fingerprint density at radius 2 is 1.82 bits per heavy atom. The van der Waals surface area contributed by atoms with Gasteiger partial charge in [0.05, 0.1) is 34.3 Å². The number of amides is 1. The van der Waals surface area contributed by atoms with Crippen LogP contribution < -0.4 is 10.5 Å². The van der Waals surface area contributed by atoms with E-state index in [9.17, 15) is 28.1 Å². The number of nitrogens with zero attached hydrogens (tertiary/aromatic N) is 3. The number of carbonyl (C=O) groups is 1. The van der Waals surface area contributed by atoms with E-state index in [4.69, 9.17) is 4.74 Å². The van der Waals surface area contributed by atoms with Gasteiger partial charge in [-0.3, -0.25) is 19.7 Å². The molecule has 0 spiro atoms. The van der Waals surface area contributed by atoms with Crippen molar-refractivity contribution in [2.75, 3.05) is 37.7 Å². The fraction of sp³-hybridized carbons (Fsp3) is 0.273. The Kier molecular flexibility index (Phi) is 5.42. The largest absolute Gasteiger partial charge is 0.379 e. The molecule has 0 unspecified atom stereocenters. The van der Waals surface area contributed by atoms with E-state index in [2.05, 4.69) is 4.98 Å². The summed E-state index contributed by atoms with van der Waals surface area (Å²) in [6.07, 6.45) is 0.511. The molecule has 12 heteroatoms. The Morgan fingerprint density at radius 1 is 1.06 bits per heavy atom. The SMILES string of the molecule is O=C(c1cc(=O)[nH]c2ccc(S(=O)(=O)N3CCOCC3)cc12)N1CCc2ccc([N+](=O)[O-])cc21. The van der Waals surface area contributed by atoms with Gasteiger partial charge in [-0.05, 0) is 30.2 Å². The van der Waals surface area contributed by atoms with Crippen LogP contribution in [0.25, 0.3) is 10.9 Å². The van der Waals surface area contributed by atoms with Crippen molar-refractivity contribution in [2.45, 2.75) is 11.3 Å². The molecule has 2 aromatic carbocycles. The number of anilines is 1. The molecule has 0 bridgehead atoms. The second kappa shape index (κ2) is 8.31. The minimum atomic E-state index is -3.83. The number of rotatable bonds is 4. The molecule has 11 nitrogen and oxygen atoms in total. The molecular formula is C22H20N4O7S. The Bertz CT molecular complexity index is 1490. The van der Waals surface area contributed by atoms with Gasteiger partial charge in [-0.2, -0.15) is 4.31 Å². The molecule has 0 aliphatic carbocycles. The molecule has 5 rings (SSSR count). The summed E-state index contributed by atoms with van der Waals surface area (Å²) in [7, 11) is -3.83. The molecule has 0 radical (unpaired) electrons. The molecule has 34 heavy (non-hydrogen) atoms. The first-order valence-electron chi connectivity index (χ1n) is 10.6. The highest BCUT2D eigenvalue weighted by atomic mass is 32.2. The van der Waals surface area contributed by atoms with Crippen LogP contribution in [0.5, 0.6) is 0 Å². The molecule has 0 saturated carbocycles. The average Bonchev–Trinajstić information content (AvgIpc) is 3.26. The first-order chi connectivity index (χ1) is 16.3. The summed E-state index contributed by atoms with van der Waals surface area (Å²) in [5.74, 6) is -0.531. The lowest BCUT2D eigenvalue weighted by Crippen LogP contribution is -2.40. The number of ether oxygens (including phenoxy) is 1. The molecular weight excluding hydrogens is 464 g/mol. The zero-order chi connectivity index (χ0) is 24.0. The molecule has 1 fully saturated rings. The first-order valence-corrected chi connectivity index (χ1v) is 12.0. The van der Waals surface area contributed by atoms with Crippen LogP contribution in [0, 0.1) is 10.1 Å². The maximum Gasteiger partial charge on any atom is 0.271 e. The van der Waals surface area contributed by atoms with Crippen LogP contribution in [0.1, 0.15) is 15.9 Å². The number of nitro benzene ring substituents is 1. The second-order valence-corrected chi connectivity index (χ2v) is 9.99. The molecule has 2 aliphatic heterocycles. The van der Waals surface area contributed by atoms with Crippen LogP contribution in [-0.4, -0.2) is 61.4 Å². The highest BCUT2D eigenvalue weighted by Gasteiger charge is 2.30. The van der Waals surface area contributed by atoms with Crippen LogP contribution in [0.3, 0.4) is 0 Å². The lowest BCUT2D eigenvalue weighted by molar-refractivity contribution is -0.384. The number of nitro groups is 1. The van der Waals surface area contributed by atoms with E-state index >= 15 is 0 Å². The number of aromatic amines is 1. The zero-order valence-corrected chi connectivity index (χ0v) is 18.7. The van der Waals surface area contributed by atoms with Gasteiger partial charge in [-0.1, -0.05) is 6.07 Å². The maximum atomic E-state index is 13.5. The number of nitrogens with one attached hydrogen (secondary N) is 1. The predicted octanol–water partition coefficient (Wildman–Crippen LogP) is 1.66. The summed E-state index contributed by atoms with van der Waals surface area (Å²) in [6.45, 7) is 1.33. The summed E-state index contributed by atoms with van der Waals surface area (Å²) in [5, 5.41) is 11.5. The van der Waals surface area contributed by atoms with Gasteiger partial charge >= 0.3 is 0 Å². The van der Waals surface area contributed by atoms with Crippen LogP contribution in [0.4, 0.5) is 11.4 Å². The monoisotopic (exact) mass is 484 g/mol. The third kappa shape index (κ3) is 3.75. The van der Waals surface area contributed by atoms with E-state index < -0.39 is 26.4 Å². The maximum absolute atomic E-state index is 13.5. The topological polar surface area (TPSA) is 143 Å². The Balaban J connectivity index is 1.60. The lowest BCUT2D eigenvalue weighted by atomic mass is 10.1. The average molecular weight is 484 g/mol. The smallest absolute Gasteiger partial charge is 0.271 e. The summed E-state index contributed by atoms with van der Waals surface area (Å²) in [5.41, 5.74) is 0.868. The Labute approximate surface area is 193 Å². The normalized spacial score (nSPS) is 16.5. The van der Waals surface area contributed by atoms with Crippen LogP contribution in [-0.2, 0) is 21.2 Å². The number of aromatic nitrogens is 1. The van der Waals surface area contributed by atoms with Crippen molar-refractivity contribution in [1.82, 2.24) is 9.29 Å². The molecule has 1 N–H and O–H groups in total. The highest BCUT2D eigenvalue weighted by molar-refractivity contribution is 7.89. The van der Waals surface area contributed by atoms with Gasteiger partial charge in [0, 0.05) is 48.7 Å². The van der Waals surface area contributed by atoms with Gasteiger partial charge in [0.1, 0.15) is 0 Å². The van der Waals surface area contributed by atoms with Crippen molar-refractivity contribution in [3.05, 3.63) is 74.1 Å². The number of sulfonamides is 1. The standard InChI is InChI=1S/C22H20N4O7S/c27-21-13-18(22(28)25-6-5-14-1-2-15(26(29)30)11-20(14)25)17-12-16(3-4-19(17)23-21)34(31,32)24-7-9-33-10-8-24/h1-4,11-13H,5-10H2,(H,23,27). The van der Waals surface area contributed by atoms with Crippen molar-refractivity contribution in [3.63, 3.8) is 0 Å². The van der Waals surface area contributed by atoms with Crippen molar-refractivity contribution in [2.24, 2.45) is 0 Å². The number of non-ortho nitro benzene ring substituents is 1. The number of carbonyl (C=O) groups excluding carboxylic acids is 1. The number of fused-ring (bicyclic) bond motifs is 2. The number of morpholine rings is 1. The van der Waals surface area contributed by atoms with Crippen molar-refractivity contribution in [3.8, 4) is 0 Å². The second-order valence-electron chi connectivity index (χ2n) is 8.05. The molecule has 3 heterocycles. The minimum absolute atomic E-state index is 0.000425. The van der Waals surface area contributed by atoms with Crippen molar-refractivity contribution in [1.29, 1.82) is 0 Å². The van der Waals surface area contributed by atoms with Crippen molar-refractivity contribution < 1.29 is 22.9 Å². The number of benzene rings is 2. The van der Waals surface area contributed by atoms with Crippen LogP contribution in [0.2, 0.25) is 0 Å². The highest BCUT2D eigenvalue weighted by Crippen LogP contribution is 2.34. The Hall–Kier alpha value is -3.61. The van der Waals surface area contributed by atoms with Gasteiger partial charge in [0.2, 0.25) is 15.6 Å². The third-order valence-electron chi connectivity index (χ3n) is 6.07. The molecule has 1 saturated heterocycles.